The molecule has 2 aromatic rings. The summed E-state index contributed by atoms with van der Waals surface area (Å²) in [5, 5.41) is 9.19. The van der Waals surface area contributed by atoms with Crippen molar-refractivity contribution in [2.24, 2.45) is 0 Å². The zero-order valence-corrected chi connectivity index (χ0v) is 8.48. The van der Waals surface area contributed by atoms with Gasteiger partial charge in [0.25, 0.3) is 0 Å². The Bertz CT molecular complexity index is 615. The predicted molar refractivity (Wildman–Crippen MR) is 57.8 cm³/mol. The average molecular weight is 219 g/mol. The fourth-order valence-electron chi connectivity index (χ4n) is 1.61. The van der Waals surface area contributed by atoms with Gasteiger partial charge in [0.2, 0.25) is 5.56 Å². The number of ketones is 1. The molecule has 1 heterocycles. The second-order valence-corrected chi connectivity index (χ2v) is 3.37. The lowest BCUT2D eigenvalue weighted by Gasteiger charge is -2.06. The second-order valence-electron chi connectivity index (χ2n) is 3.37. The quantitative estimate of drug-likeness (QED) is 0.456. The van der Waals surface area contributed by atoms with Crippen molar-refractivity contribution in [3.8, 4) is 5.75 Å². The molecule has 5 heteroatoms. The minimum absolute atomic E-state index is 0.109. The molecule has 0 radical (unpaired) electrons. The van der Waals surface area contributed by atoms with Gasteiger partial charge in [-0.15, -0.1) is 0 Å². The second kappa shape index (κ2) is 3.79. The summed E-state index contributed by atoms with van der Waals surface area (Å²) in [5.74, 6) is -0.0146. The Morgan fingerprint density at radius 3 is 2.69 bits per heavy atom. The molecule has 0 bridgehead atoms. The normalized spacial score (nSPS) is 10.4. The van der Waals surface area contributed by atoms with Crippen LogP contribution in [0.25, 0.3) is 10.9 Å². The van der Waals surface area contributed by atoms with Gasteiger partial charge in [0.15, 0.2) is 11.5 Å². The molecule has 2 rings (SSSR count). The first-order valence-corrected chi connectivity index (χ1v) is 4.62. The maximum absolute atomic E-state index is 11.3. The van der Waals surface area contributed by atoms with E-state index in [1.54, 1.807) is 0 Å². The molecule has 82 valence electrons. The highest BCUT2D eigenvalue weighted by Crippen LogP contribution is 2.25. The highest BCUT2D eigenvalue weighted by atomic mass is 17.1. The number of carbonyl (C=O) groups excluding carboxylic acids is 1. The van der Waals surface area contributed by atoms with Gasteiger partial charge in [0.1, 0.15) is 0 Å². The molecule has 2 N–H and O–H groups in total. The number of aromatic amines is 1. The van der Waals surface area contributed by atoms with E-state index in [4.69, 9.17) is 5.26 Å². The summed E-state index contributed by atoms with van der Waals surface area (Å²) in [6.45, 7) is 1.43. The Morgan fingerprint density at radius 2 is 2.06 bits per heavy atom. The number of H-pyrrole nitrogens is 1. The Hall–Kier alpha value is -2.14. The topological polar surface area (TPSA) is 79.4 Å². The van der Waals surface area contributed by atoms with Gasteiger partial charge >= 0.3 is 0 Å². The highest BCUT2D eigenvalue weighted by Gasteiger charge is 2.10. The Kier molecular flexibility index (Phi) is 2.46. The fourth-order valence-corrected chi connectivity index (χ4v) is 1.61. The maximum atomic E-state index is 11.3. The van der Waals surface area contributed by atoms with E-state index in [0.29, 0.717) is 16.5 Å². The van der Waals surface area contributed by atoms with E-state index in [2.05, 4.69) is 9.87 Å². The van der Waals surface area contributed by atoms with Crippen LogP contribution in [0.2, 0.25) is 0 Å². The van der Waals surface area contributed by atoms with Crippen LogP contribution in [0, 0.1) is 0 Å². The molecule has 0 fully saturated rings. The lowest BCUT2D eigenvalue weighted by Crippen LogP contribution is -2.06. The molecule has 0 unspecified atom stereocenters. The van der Waals surface area contributed by atoms with Crippen LogP contribution < -0.4 is 10.4 Å². The summed E-state index contributed by atoms with van der Waals surface area (Å²) in [7, 11) is 0. The van der Waals surface area contributed by atoms with Crippen molar-refractivity contribution < 1.29 is 14.9 Å². The Labute approximate surface area is 90.2 Å². The first-order chi connectivity index (χ1) is 7.63. The average Bonchev–Trinajstić information content (AvgIpc) is 2.27. The third-order valence-corrected chi connectivity index (χ3v) is 2.33. The number of benzene rings is 1. The van der Waals surface area contributed by atoms with E-state index < -0.39 is 0 Å². The molecule has 0 saturated heterocycles. The molecule has 0 spiro atoms. The number of hydrogen-bond donors (Lipinski definition) is 2. The van der Waals surface area contributed by atoms with Crippen molar-refractivity contribution in [3.05, 3.63) is 40.2 Å². The molecule has 1 aromatic heterocycles. The predicted octanol–water partition coefficient (Wildman–Crippen LogP) is 1.58. The molecule has 5 nitrogen and oxygen atoms in total. The van der Waals surface area contributed by atoms with Crippen molar-refractivity contribution in [1.82, 2.24) is 4.98 Å². The lowest BCUT2D eigenvalue weighted by molar-refractivity contribution is -0.136. The molecular formula is C11H9NO4. The minimum atomic E-state index is -0.327. The molecule has 0 aliphatic heterocycles. The molecule has 0 amide bonds. The Morgan fingerprint density at radius 1 is 1.31 bits per heavy atom. The smallest absolute Gasteiger partial charge is 0.248 e. The summed E-state index contributed by atoms with van der Waals surface area (Å²) in [6, 6.07) is 5.80. The van der Waals surface area contributed by atoms with Gasteiger partial charge in [0.05, 0.1) is 5.52 Å². The van der Waals surface area contributed by atoms with Crippen molar-refractivity contribution in [2.75, 3.05) is 0 Å². The molecule has 1 aromatic carbocycles. The van der Waals surface area contributed by atoms with E-state index in [1.807, 2.05) is 0 Å². The number of pyridine rings is 1. The number of Topliss-reactive ketones (excluding diaryl/α,β-unsaturated/α-hetero) is 1. The number of carbonyl (C=O) groups is 1. The zero-order chi connectivity index (χ0) is 11.7. The summed E-state index contributed by atoms with van der Waals surface area (Å²) in [4.78, 5) is 29.2. The third kappa shape index (κ3) is 1.57. The first-order valence-electron chi connectivity index (χ1n) is 4.62. The number of fused-ring (bicyclic) bond motifs is 1. The van der Waals surface area contributed by atoms with E-state index in [9.17, 15) is 9.59 Å². The largest absolute Gasteiger partial charge is 0.338 e. The number of hydrogen-bond acceptors (Lipinski definition) is 4. The summed E-state index contributed by atoms with van der Waals surface area (Å²) in [6.07, 6.45) is 0. The number of rotatable bonds is 2. The van der Waals surface area contributed by atoms with Crippen molar-refractivity contribution in [1.29, 1.82) is 0 Å². The van der Waals surface area contributed by atoms with Crippen LogP contribution in [0.5, 0.6) is 5.75 Å². The number of aromatic nitrogens is 1. The van der Waals surface area contributed by atoms with Crippen LogP contribution in [0.1, 0.15) is 17.3 Å². The van der Waals surface area contributed by atoms with Gasteiger partial charge in [-0.05, 0) is 25.1 Å². The minimum Gasteiger partial charge on any atom is -0.338 e. The highest BCUT2D eigenvalue weighted by molar-refractivity contribution is 6.07. The molecule has 16 heavy (non-hydrogen) atoms. The SMILES string of the molecule is CC(=O)c1ccc(OO)c2[nH]c(=O)ccc12. The van der Waals surface area contributed by atoms with Crippen LogP contribution in [0.4, 0.5) is 0 Å². The van der Waals surface area contributed by atoms with Crippen molar-refractivity contribution in [2.45, 2.75) is 6.92 Å². The van der Waals surface area contributed by atoms with Gasteiger partial charge in [-0.3, -0.25) is 9.59 Å². The van der Waals surface area contributed by atoms with E-state index >= 15 is 0 Å². The lowest BCUT2D eigenvalue weighted by atomic mass is 10.0. The molecule has 0 aliphatic rings. The van der Waals surface area contributed by atoms with Crippen LogP contribution in [-0.2, 0) is 0 Å². The number of nitrogens with one attached hydrogen (secondary N) is 1. The standard InChI is InChI=1S/C11H9NO4/c1-6(13)7-2-4-9(16-15)11-8(7)3-5-10(14)12-11/h2-5,15H,1H3,(H,12,14). The summed E-state index contributed by atoms with van der Waals surface area (Å²) < 4.78 is 0. The first kappa shape index (κ1) is 10.4. The van der Waals surface area contributed by atoms with Crippen LogP contribution >= 0.6 is 0 Å². The fraction of sp³-hybridized carbons (Fsp3) is 0.0909. The van der Waals surface area contributed by atoms with Crippen LogP contribution in [-0.4, -0.2) is 16.0 Å². The monoisotopic (exact) mass is 219 g/mol. The molecule has 0 saturated carbocycles. The van der Waals surface area contributed by atoms with Gasteiger partial charge in [-0.25, -0.2) is 5.26 Å². The molecular weight excluding hydrogens is 210 g/mol. The third-order valence-electron chi connectivity index (χ3n) is 2.33. The van der Waals surface area contributed by atoms with Crippen molar-refractivity contribution >= 4 is 16.7 Å². The van der Waals surface area contributed by atoms with E-state index in [-0.39, 0.29) is 17.1 Å². The maximum Gasteiger partial charge on any atom is 0.248 e. The summed E-state index contributed by atoms with van der Waals surface area (Å²) >= 11 is 0. The van der Waals surface area contributed by atoms with E-state index in [1.165, 1.54) is 31.2 Å². The molecule has 0 aliphatic carbocycles. The molecule has 0 atom stereocenters. The van der Waals surface area contributed by atoms with Gasteiger partial charge in [-0.2, -0.15) is 0 Å². The summed E-state index contributed by atoms with van der Waals surface area (Å²) in [5.41, 5.74) is 0.446. The van der Waals surface area contributed by atoms with E-state index in [0.717, 1.165) is 0 Å². The van der Waals surface area contributed by atoms with Gasteiger partial charge in [0, 0.05) is 17.0 Å². The van der Waals surface area contributed by atoms with Crippen LogP contribution in [0.3, 0.4) is 0 Å². The van der Waals surface area contributed by atoms with Crippen molar-refractivity contribution in [3.63, 3.8) is 0 Å². The van der Waals surface area contributed by atoms with Crippen LogP contribution in [0.15, 0.2) is 29.1 Å². The van der Waals surface area contributed by atoms with Gasteiger partial charge < -0.3 is 9.87 Å². The van der Waals surface area contributed by atoms with Gasteiger partial charge in [-0.1, -0.05) is 0 Å². The zero-order valence-electron chi connectivity index (χ0n) is 8.48. The Balaban J connectivity index is 2.90.